The molecule has 0 bridgehead atoms. The summed E-state index contributed by atoms with van der Waals surface area (Å²) in [6.07, 6.45) is 1.22. The fraction of sp³-hybridized carbons (Fsp3) is 0.400. The number of hydrogen-bond donors (Lipinski definition) is 2. The summed E-state index contributed by atoms with van der Waals surface area (Å²) in [6, 6.07) is 5.60. The molecule has 1 atom stereocenters. The van der Waals surface area contributed by atoms with Gasteiger partial charge < -0.3 is 10.1 Å². The lowest BCUT2D eigenvalue weighted by molar-refractivity contribution is -0.132. The Morgan fingerprint density at radius 3 is 2.85 bits per heavy atom. The molecule has 0 saturated carbocycles. The number of benzene rings is 1. The summed E-state index contributed by atoms with van der Waals surface area (Å²) in [6.45, 7) is 4.04. The summed E-state index contributed by atoms with van der Waals surface area (Å²) in [4.78, 5) is 23.1. The monoisotopic (exact) mass is 274 g/mol. The zero-order valence-corrected chi connectivity index (χ0v) is 11.7. The van der Waals surface area contributed by atoms with Crippen molar-refractivity contribution in [2.24, 2.45) is 0 Å². The lowest BCUT2D eigenvalue weighted by atomic mass is 9.93. The van der Waals surface area contributed by atoms with Gasteiger partial charge >= 0.3 is 5.97 Å². The fourth-order valence-corrected chi connectivity index (χ4v) is 2.23. The number of anilines is 1. The molecule has 1 heterocycles. The van der Waals surface area contributed by atoms with Crippen molar-refractivity contribution < 1.29 is 14.3 Å². The molecule has 1 unspecified atom stereocenters. The van der Waals surface area contributed by atoms with Gasteiger partial charge in [0.2, 0.25) is 5.91 Å². The van der Waals surface area contributed by atoms with Crippen LogP contribution < -0.4 is 5.32 Å². The molecule has 1 saturated heterocycles. The summed E-state index contributed by atoms with van der Waals surface area (Å²) in [5, 5.41) is 10.6. The Hall–Kier alpha value is -2.17. The van der Waals surface area contributed by atoms with Gasteiger partial charge in [-0.25, -0.2) is 4.79 Å². The molecule has 0 spiro atoms. The average Bonchev–Trinajstić information content (AvgIpc) is 2.73. The van der Waals surface area contributed by atoms with Gasteiger partial charge in [-0.1, -0.05) is 24.6 Å². The van der Waals surface area contributed by atoms with Crippen LogP contribution >= 0.6 is 0 Å². The third-order valence-corrected chi connectivity index (χ3v) is 3.28. The van der Waals surface area contributed by atoms with Gasteiger partial charge in [0.15, 0.2) is 0 Å². The molecule has 1 amide bonds. The number of amides is 1. The normalized spacial score (nSPS) is 18.0. The van der Waals surface area contributed by atoms with Crippen LogP contribution in [0.25, 0.3) is 0 Å². The maximum Gasteiger partial charge on any atom is 0.352 e. The number of rotatable bonds is 4. The molecule has 0 aliphatic carbocycles. The van der Waals surface area contributed by atoms with Gasteiger partial charge in [0.05, 0.1) is 5.92 Å². The van der Waals surface area contributed by atoms with Gasteiger partial charge in [0.25, 0.3) is 0 Å². The zero-order chi connectivity index (χ0) is 14.7. The fourth-order valence-electron chi connectivity index (χ4n) is 2.23. The standard InChI is InChI=1S/C15H18N2O3/c1-3-4-13(18)17-12-6-5-9(2)7-10(12)11-8-20-15(19)14(11)16/h5-7,11,16H,3-4,8H2,1-2H3,(H,17,18). The third kappa shape index (κ3) is 2.87. The van der Waals surface area contributed by atoms with E-state index in [0.29, 0.717) is 12.1 Å². The van der Waals surface area contributed by atoms with E-state index >= 15 is 0 Å². The van der Waals surface area contributed by atoms with E-state index in [4.69, 9.17) is 10.1 Å². The Kier molecular flexibility index (Phi) is 4.17. The summed E-state index contributed by atoms with van der Waals surface area (Å²) in [5.74, 6) is -1.05. The Morgan fingerprint density at radius 1 is 1.50 bits per heavy atom. The minimum atomic E-state index is -0.581. The van der Waals surface area contributed by atoms with Crippen LogP contribution in [0.15, 0.2) is 18.2 Å². The first-order valence-electron chi connectivity index (χ1n) is 6.69. The Bertz CT molecular complexity index is 566. The first-order chi connectivity index (χ1) is 9.52. The molecule has 1 aromatic rings. The second kappa shape index (κ2) is 5.86. The van der Waals surface area contributed by atoms with E-state index < -0.39 is 11.9 Å². The van der Waals surface area contributed by atoms with Crippen molar-refractivity contribution in [3.05, 3.63) is 29.3 Å². The number of carbonyl (C=O) groups excluding carboxylic acids is 2. The molecule has 1 aliphatic heterocycles. The number of cyclic esters (lactones) is 1. The van der Waals surface area contributed by atoms with Crippen LogP contribution in [0.5, 0.6) is 0 Å². The van der Waals surface area contributed by atoms with E-state index in [1.165, 1.54) is 0 Å². The first kappa shape index (κ1) is 14.2. The summed E-state index contributed by atoms with van der Waals surface area (Å²) >= 11 is 0. The van der Waals surface area contributed by atoms with E-state index in [9.17, 15) is 9.59 Å². The van der Waals surface area contributed by atoms with E-state index in [2.05, 4.69) is 5.32 Å². The Morgan fingerprint density at radius 2 is 2.25 bits per heavy atom. The van der Waals surface area contributed by atoms with Crippen LogP contribution in [-0.2, 0) is 14.3 Å². The van der Waals surface area contributed by atoms with Crippen LogP contribution in [0, 0.1) is 12.3 Å². The van der Waals surface area contributed by atoms with E-state index in [0.717, 1.165) is 17.5 Å². The highest BCUT2D eigenvalue weighted by Gasteiger charge is 2.33. The molecule has 1 fully saturated rings. The topological polar surface area (TPSA) is 79.2 Å². The molecule has 2 rings (SSSR count). The quantitative estimate of drug-likeness (QED) is 0.827. The Labute approximate surface area is 117 Å². The van der Waals surface area contributed by atoms with Crippen molar-refractivity contribution in [1.82, 2.24) is 0 Å². The highest BCUT2D eigenvalue weighted by atomic mass is 16.5. The number of nitrogens with one attached hydrogen (secondary N) is 2. The van der Waals surface area contributed by atoms with E-state index in [1.807, 2.05) is 32.0 Å². The van der Waals surface area contributed by atoms with E-state index in [-0.39, 0.29) is 18.2 Å². The number of esters is 1. The molecule has 0 radical (unpaired) electrons. The van der Waals surface area contributed by atoms with Gasteiger partial charge in [-0.2, -0.15) is 0 Å². The molecule has 2 N–H and O–H groups in total. The largest absolute Gasteiger partial charge is 0.460 e. The lowest BCUT2D eigenvalue weighted by Gasteiger charge is -2.15. The number of carbonyl (C=O) groups is 2. The number of aryl methyl sites for hydroxylation is 1. The smallest absolute Gasteiger partial charge is 0.352 e. The summed E-state index contributed by atoms with van der Waals surface area (Å²) < 4.78 is 4.90. The molecule has 106 valence electrons. The van der Waals surface area contributed by atoms with Crippen molar-refractivity contribution in [3.63, 3.8) is 0 Å². The van der Waals surface area contributed by atoms with Crippen LogP contribution in [0.1, 0.15) is 36.8 Å². The van der Waals surface area contributed by atoms with Crippen molar-refractivity contribution in [2.75, 3.05) is 11.9 Å². The molecule has 1 aliphatic rings. The maximum atomic E-state index is 11.7. The lowest BCUT2D eigenvalue weighted by Crippen LogP contribution is -2.17. The highest BCUT2D eigenvalue weighted by Crippen LogP contribution is 2.30. The van der Waals surface area contributed by atoms with Gasteiger partial charge in [-0.05, 0) is 25.0 Å². The minimum absolute atomic E-state index is 0.0541. The minimum Gasteiger partial charge on any atom is -0.460 e. The first-order valence-corrected chi connectivity index (χ1v) is 6.69. The van der Waals surface area contributed by atoms with Crippen molar-refractivity contribution >= 4 is 23.3 Å². The Balaban J connectivity index is 2.31. The van der Waals surface area contributed by atoms with Crippen LogP contribution in [0.4, 0.5) is 5.69 Å². The van der Waals surface area contributed by atoms with Crippen molar-refractivity contribution in [1.29, 1.82) is 5.41 Å². The summed E-state index contributed by atoms with van der Waals surface area (Å²) in [5.41, 5.74) is 2.38. The molecule has 1 aromatic carbocycles. The van der Waals surface area contributed by atoms with E-state index in [1.54, 1.807) is 0 Å². The van der Waals surface area contributed by atoms with Gasteiger partial charge in [-0.15, -0.1) is 0 Å². The number of ether oxygens (including phenoxy) is 1. The molecular formula is C15H18N2O3. The number of hydrogen-bond acceptors (Lipinski definition) is 4. The molecule has 0 aromatic heterocycles. The molecule has 20 heavy (non-hydrogen) atoms. The van der Waals surface area contributed by atoms with Gasteiger partial charge in [-0.3, -0.25) is 10.2 Å². The molecular weight excluding hydrogens is 256 g/mol. The van der Waals surface area contributed by atoms with Crippen LogP contribution in [-0.4, -0.2) is 24.2 Å². The maximum absolute atomic E-state index is 11.7. The SMILES string of the molecule is CCCC(=O)Nc1ccc(C)cc1C1COC(=O)C1=N. The summed E-state index contributed by atoms with van der Waals surface area (Å²) in [7, 11) is 0. The van der Waals surface area contributed by atoms with Gasteiger partial charge in [0.1, 0.15) is 12.3 Å². The zero-order valence-electron chi connectivity index (χ0n) is 11.7. The molecule has 5 heteroatoms. The van der Waals surface area contributed by atoms with Crippen molar-refractivity contribution in [2.45, 2.75) is 32.6 Å². The highest BCUT2D eigenvalue weighted by molar-refractivity contribution is 6.39. The predicted octanol–water partition coefficient (Wildman–Crippen LogP) is 2.39. The van der Waals surface area contributed by atoms with Gasteiger partial charge in [0, 0.05) is 12.1 Å². The predicted molar refractivity (Wildman–Crippen MR) is 76.1 cm³/mol. The van der Waals surface area contributed by atoms with Crippen LogP contribution in [0.3, 0.4) is 0 Å². The van der Waals surface area contributed by atoms with Crippen LogP contribution in [0.2, 0.25) is 0 Å². The van der Waals surface area contributed by atoms with Crippen molar-refractivity contribution in [3.8, 4) is 0 Å². The second-order valence-corrected chi connectivity index (χ2v) is 4.95. The average molecular weight is 274 g/mol. The molecule has 5 nitrogen and oxygen atoms in total. The third-order valence-electron chi connectivity index (χ3n) is 3.28. The second-order valence-electron chi connectivity index (χ2n) is 4.95.